The molecular formula is C12H14FNO. The molecule has 2 N–H and O–H groups in total. The standard InChI is InChI=1S/C12H14FNO/c1-8-2-3-12(13)11(4-8)9-5-10(15)7-14-6-9/h2-5,10,14-15H,6-7H2,1H3. The normalized spacial score (nSPS) is 21.3. The number of nitrogens with one attached hydrogen (secondary N) is 1. The van der Waals surface area contributed by atoms with E-state index in [0.717, 1.165) is 11.1 Å². The minimum atomic E-state index is -0.520. The summed E-state index contributed by atoms with van der Waals surface area (Å²) in [7, 11) is 0. The minimum absolute atomic E-state index is 0.234. The van der Waals surface area contributed by atoms with Gasteiger partial charge in [-0.3, -0.25) is 0 Å². The molecule has 0 spiro atoms. The third-order valence-electron chi connectivity index (χ3n) is 2.53. The molecule has 0 saturated heterocycles. The molecule has 15 heavy (non-hydrogen) atoms. The number of halogens is 1. The molecule has 1 aliphatic heterocycles. The van der Waals surface area contributed by atoms with Crippen molar-refractivity contribution in [1.82, 2.24) is 5.32 Å². The molecule has 1 unspecified atom stereocenters. The Morgan fingerprint density at radius 1 is 1.47 bits per heavy atom. The maximum absolute atomic E-state index is 13.5. The highest BCUT2D eigenvalue weighted by molar-refractivity contribution is 5.69. The lowest BCUT2D eigenvalue weighted by molar-refractivity contribution is 0.217. The van der Waals surface area contributed by atoms with E-state index in [4.69, 9.17) is 0 Å². The number of aliphatic hydroxyl groups excluding tert-OH is 1. The predicted molar refractivity (Wildman–Crippen MR) is 58.0 cm³/mol. The fourth-order valence-corrected chi connectivity index (χ4v) is 1.78. The molecule has 0 radical (unpaired) electrons. The Labute approximate surface area is 88.4 Å². The van der Waals surface area contributed by atoms with Crippen LogP contribution < -0.4 is 5.32 Å². The summed E-state index contributed by atoms with van der Waals surface area (Å²) in [5.41, 5.74) is 2.43. The van der Waals surface area contributed by atoms with Crippen LogP contribution >= 0.6 is 0 Å². The van der Waals surface area contributed by atoms with Crippen molar-refractivity contribution in [3.63, 3.8) is 0 Å². The molecular weight excluding hydrogens is 193 g/mol. The van der Waals surface area contributed by atoms with E-state index in [2.05, 4.69) is 5.32 Å². The molecule has 3 heteroatoms. The van der Waals surface area contributed by atoms with E-state index in [1.807, 2.05) is 6.92 Å². The van der Waals surface area contributed by atoms with E-state index < -0.39 is 6.10 Å². The summed E-state index contributed by atoms with van der Waals surface area (Å²) in [5, 5.41) is 12.5. The van der Waals surface area contributed by atoms with Crippen LogP contribution in [0.3, 0.4) is 0 Å². The molecule has 0 aliphatic carbocycles. The number of hydrogen-bond donors (Lipinski definition) is 2. The van der Waals surface area contributed by atoms with E-state index in [1.54, 1.807) is 18.2 Å². The third kappa shape index (κ3) is 2.25. The molecule has 1 aromatic carbocycles. The molecule has 2 nitrogen and oxygen atoms in total. The number of β-amino-alcohol motifs (C(OH)–C–C–N with tert-alkyl or cyclic N) is 1. The maximum atomic E-state index is 13.5. The summed E-state index contributed by atoms with van der Waals surface area (Å²) < 4.78 is 13.5. The Morgan fingerprint density at radius 3 is 3.00 bits per heavy atom. The lowest BCUT2D eigenvalue weighted by Crippen LogP contribution is -2.31. The van der Waals surface area contributed by atoms with Gasteiger partial charge in [-0.25, -0.2) is 4.39 Å². The summed E-state index contributed by atoms with van der Waals surface area (Å²) in [6, 6.07) is 5.01. The Kier molecular flexibility index (Phi) is 2.84. The van der Waals surface area contributed by atoms with Crippen LogP contribution in [0.2, 0.25) is 0 Å². The molecule has 1 atom stereocenters. The third-order valence-corrected chi connectivity index (χ3v) is 2.53. The Bertz CT molecular complexity index is 401. The first-order valence-corrected chi connectivity index (χ1v) is 5.03. The van der Waals surface area contributed by atoms with Crippen LogP contribution in [0.5, 0.6) is 0 Å². The lowest BCUT2D eigenvalue weighted by atomic mass is 9.99. The average Bonchev–Trinajstić information content (AvgIpc) is 2.22. The van der Waals surface area contributed by atoms with E-state index >= 15 is 0 Å². The molecule has 0 fully saturated rings. The zero-order valence-corrected chi connectivity index (χ0v) is 8.63. The first kappa shape index (κ1) is 10.3. The van der Waals surface area contributed by atoms with Gasteiger partial charge in [-0.1, -0.05) is 11.6 Å². The lowest BCUT2D eigenvalue weighted by Gasteiger charge is -2.19. The molecule has 80 valence electrons. The van der Waals surface area contributed by atoms with Gasteiger partial charge in [0.25, 0.3) is 0 Å². The van der Waals surface area contributed by atoms with Crippen molar-refractivity contribution in [2.24, 2.45) is 0 Å². The SMILES string of the molecule is Cc1ccc(F)c(C2=CC(O)CNC2)c1. The van der Waals surface area contributed by atoms with Crippen LogP contribution in [0.15, 0.2) is 24.3 Å². The summed E-state index contributed by atoms with van der Waals surface area (Å²) >= 11 is 0. The van der Waals surface area contributed by atoms with Crippen molar-refractivity contribution in [2.75, 3.05) is 13.1 Å². The van der Waals surface area contributed by atoms with E-state index in [-0.39, 0.29) is 5.82 Å². The molecule has 0 saturated carbocycles. The number of aryl methyl sites for hydroxylation is 1. The Hall–Kier alpha value is -1.19. The van der Waals surface area contributed by atoms with Gasteiger partial charge in [0, 0.05) is 18.7 Å². The number of hydrogen-bond acceptors (Lipinski definition) is 2. The van der Waals surface area contributed by atoms with Gasteiger partial charge in [0.05, 0.1) is 6.10 Å². The second kappa shape index (κ2) is 4.13. The molecule has 2 rings (SSSR count). The van der Waals surface area contributed by atoms with Crippen LogP contribution in [0, 0.1) is 12.7 Å². The maximum Gasteiger partial charge on any atom is 0.130 e. The largest absolute Gasteiger partial charge is 0.388 e. The Morgan fingerprint density at radius 2 is 2.27 bits per heavy atom. The highest BCUT2D eigenvalue weighted by Crippen LogP contribution is 2.21. The first-order valence-electron chi connectivity index (χ1n) is 5.03. The highest BCUT2D eigenvalue weighted by atomic mass is 19.1. The average molecular weight is 207 g/mol. The smallest absolute Gasteiger partial charge is 0.130 e. The molecule has 0 amide bonds. The van der Waals surface area contributed by atoms with Crippen LogP contribution in [-0.4, -0.2) is 24.3 Å². The summed E-state index contributed by atoms with van der Waals surface area (Å²) in [4.78, 5) is 0. The van der Waals surface area contributed by atoms with Gasteiger partial charge in [0.1, 0.15) is 5.82 Å². The van der Waals surface area contributed by atoms with Crippen LogP contribution in [0.1, 0.15) is 11.1 Å². The molecule has 1 heterocycles. The van der Waals surface area contributed by atoms with Crippen molar-refractivity contribution in [3.8, 4) is 0 Å². The van der Waals surface area contributed by atoms with Gasteiger partial charge in [-0.2, -0.15) is 0 Å². The number of benzene rings is 1. The van der Waals surface area contributed by atoms with Crippen molar-refractivity contribution >= 4 is 5.57 Å². The monoisotopic (exact) mass is 207 g/mol. The van der Waals surface area contributed by atoms with Crippen LogP contribution in [-0.2, 0) is 0 Å². The van der Waals surface area contributed by atoms with E-state index in [1.165, 1.54) is 6.07 Å². The van der Waals surface area contributed by atoms with Gasteiger partial charge in [0.2, 0.25) is 0 Å². The fraction of sp³-hybridized carbons (Fsp3) is 0.333. The molecule has 1 aromatic rings. The quantitative estimate of drug-likeness (QED) is 0.731. The zero-order chi connectivity index (χ0) is 10.8. The number of rotatable bonds is 1. The van der Waals surface area contributed by atoms with Crippen molar-refractivity contribution in [1.29, 1.82) is 0 Å². The van der Waals surface area contributed by atoms with Crippen molar-refractivity contribution in [3.05, 3.63) is 41.2 Å². The second-order valence-corrected chi connectivity index (χ2v) is 3.87. The van der Waals surface area contributed by atoms with Crippen molar-refractivity contribution < 1.29 is 9.50 Å². The van der Waals surface area contributed by atoms with Gasteiger partial charge < -0.3 is 10.4 Å². The Balaban J connectivity index is 2.40. The van der Waals surface area contributed by atoms with E-state index in [0.29, 0.717) is 18.7 Å². The summed E-state index contributed by atoms with van der Waals surface area (Å²) in [6.45, 7) is 3.07. The molecule has 1 aliphatic rings. The molecule has 0 aromatic heterocycles. The van der Waals surface area contributed by atoms with Crippen LogP contribution in [0.4, 0.5) is 4.39 Å². The van der Waals surface area contributed by atoms with Gasteiger partial charge >= 0.3 is 0 Å². The van der Waals surface area contributed by atoms with Gasteiger partial charge in [-0.05, 0) is 30.7 Å². The highest BCUT2D eigenvalue weighted by Gasteiger charge is 2.14. The zero-order valence-electron chi connectivity index (χ0n) is 8.63. The van der Waals surface area contributed by atoms with Gasteiger partial charge in [-0.15, -0.1) is 0 Å². The fourth-order valence-electron chi connectivity index (χ4n) is 1.78. The summed E-state index contributed by atoms with van der Waals surface area (Å²) in [6.07, 6.45) is 1.20. The van der Waals surface area contributed by atoms with Gasteiger partial charge in [0.15, 0.2) is 0 Å². The predicted octanol–water partition coefficient (Wildman–Crippen LogP) is 1.48. The molecule has 0 bridgehead atoms. The van der Waals surface area contributed by atoms with Crippen molar-refractivity contribution in [2.45, 2.75) is 13.0 Å². The summed E-state index contributed by atoms with van der Waals surface area (Å²) in [5.74, 6) is -0.234. The second-order valence-electron chi connectivity index (χ2n) is 3.87. The van der Waals surface area contributed by atoms with E-state index in [9.17, 15) is 9.50 Å². The van der Waals surface area contributed by atoms with Crippen LogP contribution in [0.25, 0.3) is 5.57 Å². The minimum Gasteiger partial charge on any atom is -0.388 e. The number of aliphatic hydroxyl groups is 1. The topological polar surface area (TPSA) is 32.3 Å². The first-order chi connectivity index (χ1) is 7.16.